The quantitative estimate of drug-likeness (QED) is 0.825. The molecule has 3 N–H and O–H groups in total. The molecule has 1 atom stereocenters. The molecule has 0 saturated carbocycles. The molecule has 0 radical (unpaired) electrons. The second-order valence-corrected chi connectivity index (χ2v) is 5.66. The molecular weight excluding hydrogens is 244 g/mol. The van der Waals surface area contributed by atoms with Crippen molar-refractivity contribution in [3.05, 3.63) is 21.3 Å². The van der Waals surface area contributed by atoms with E-state index in [1.165, 1.54) is 11.3 Å². The number of hydrogen-bond acceptors (Lipinski definition) is 3. The standard InChI is InChI=1S/C11H17ClN2OS/c1-8(6-13)2-5-11(15)14-7-9-3-4-10(12)16-9/h3-4,8H,2,5-7,13H2,1H3,(H,14,15). The van der Waals surface area contributed by atoms with Crippen molar-refractivity contribution in [1.29, 1.82) is 0 Å². The summed E-state index contributed by atoms with van der Waals surface area (Å²) in [6, 6.07) is 3.76. The molecule has 3 nitrogen and oxygen atoms in total. The third kappa shape index (κ3) is 4.96. The SMILES string of the molecule is CC(CN)CCC(=O)NCc1ccc(Cl)s1. The van der Waals surface area contributed by atoms with Crippen molar-refractivity contribution in [2.75, 3.05) is 6.54 Å². The highest BCUT2D eigenvalue weighted by Gasteiger charge is 2.05. The van der Waals surface area contributed by atoms with Crippen LogP contribution in [0.2, 0.25) is 4.34 Å². The van der Waals surface area contributed by atoms with Gasteiger partial charge in [-0.25, -0.2) is 0 Å². The maximum absolute atomic E-state index is 11.5. The molecule has 16 heavy (non-hydrogen) atoms. The minimum absolute atomic E-state index is 0.0739. The van der Waals surface area contributed by atoms with E-state index >= 15 is 0 Å². The molecule has 0 aliphatic carbocycles. The molecule has 90 valence electrons. The first-order valence-electron chi connectivity index (χ1n) is 5.32. The van der Waals surface area contributed by atoms with E-state index in [1.807, 2.05) is 19.1 Å². The second-order valence-electron chi connectivity index (χ2n) is 3.86. The number of rotatable bonds is 6. The fourth-order valence-electron chi connectivity index (χ4n) is 1.22. The smallest absolute Gasteiger partial charge is 0.220 e. The minimum atomic E-state index is 0.0739. The van der Waals surface area contributed by atoms with E-state index in [0.717, 1.165) is 15.6 Å². The third-order valence-corrected chi connectivity index (χ3v) is 3.59. The fraction of sp³-hybridized carbons (Fsp3) is 0.545. The summed E-state index contributed by atoms with van der Waals surface area (Å²) in [6.07, 6.45) is 1.38. The summed E-state index contributed by atoms with van der Waals surface area (Å²) in [4.78, 5) is 12.5. The molecule has 5 heteroatoms. The van der Waals surface area contributed by atoms with Crippen LogP contribution in [0.3, 0.4) is 0 Å². The van der Waals surface area contributed by atoms with Gasteiger partial charge in [-0.05, 0) is 31.0 Å². The van der Waals surface area contributed by atoms with Gasteiger partial charge in [0.2, 0.25) is 5.91 Å². The highest BCUT2D eigenvalue weighted by Crippen LogP contribution is 2.21. The molecule has 0 fully saturated rings. The zero-order valence-corrected chi connectivity index (χ0v) is 10.9. The summed E-state index contributed by atoms with van der Waals surface area (Å²) in [6.45, 7) is 3.24. The van der Waals surface area contributed by atoms with Crippen LogP contribution in [-0.4, -0.2) is 12.5 Å². The first-order valence-corrected chi connectivity index (χ1v) is 6.52. The van der Waals surface area contributed by atoms with Gasteiger partial charge in [-0.15, -0.1) is 11.3 Å². The molecule has 0 bridgehead atoms. The van der Waals surface area contributed by atoms with Gasteiger partial charge in [0.15, 0.2) is 0 Å². The Morgan fingerprint density at radius 2 is 2.38 bits per heavy atom. The summed E-state index contributed by atoms with van der Waals surface area (Å²) in [5, 5.41) is 2.86. The Hall–Kier alpha value is -0.580. The number of nitrogens with two attached hydrogens (primary N) is 1. The van der Waals surface area contributed by atoms with E-state index in [4.69, 9.17) is 17.3 Å². The van der Waals surface area contributed by atoms with Crippen molar-refractivity contribution in [2.45, 2.75) is 26.3 Å². The largest absolute Gasteiger partial charge is 0.351 e. The number of hydrogen-bond donors (Lipinski definition) is 2. The lowest BCUT2D eigenvalue weighted by atomic mass is 10.1. The lowest BCUT2D eigenvalue weighted by Gasteiger charge is -2.07. The molecule has 0 aromatic carbocycles. The number of halogens is 1. The van der Waals surface area contributed by atoms with Crippen LogP contribution in [0, 0.1) is 5.92 Å². The highest BCUT2D eigenvalue weighted by atomic mass is 35.5. The van der Waals surface area contributed by atoms with E-state index in [9.17, 15) is 4.79 Å². The van der Waals surface area contributed by atoms with E-state index in [2.05, 4.69) is 5.32 Å². The van der Waals surface area contributed by atoms with Gasteiger partial charge in [0.05, 0.1) is 10.9 Å². The molecule has 1 unspecified atom stereocenters. The molecule has 0 saturated heterocycles. The monoisotopic (exact) mass is 260 g/mol. The van der Waals surface area contributed by atoms with Crippen LogP contribution in [0.5, 0.6) is 0 Å². The van der Waals surface area contributed by atoms with Crippen LogP contribution in [0.1, 0.15) is 24.6 Å². The number of thiophene rings is 1. The average molecular weight is 261 g/mol. The van der Waals surface area contributed by atoms with Gasteiger partial charge in [-0.2, -0.15) is 0 Å². The first-order chi connectivity index (χ1) is 7.61. The molecule has 0 aliphatic rings. The summed E-state index contributed by atoms with van der Waals surface area (Å²) < 4.78 is 0.751. The van der Waals surface area contributed by atoms with Gasteiger partial charge in [-0.3, -0.25) is 4.79 Å². The van der Waals surface area contributed by atoms with Crippen molar-refractivity contribution in [2.24, 2.45) is 11.7 Å². The van der Waals surface area contributed by atoms with Crippen LogP contribution in [0.25, 0.3) is 0 Å². The van der Waals surface area contributed by atoms with Crippen molar-refractivity contribution in [3.63, 3.8) is 0 Å². The third-order valence-electron chi connectivity index (χ3n) is 2.36. The summed E-state index contributed by atoms with van der Waals surface area (Å²) in [7, 11) is 0. The number of nitrogens with one attached hydrogen (secondary N) is 1. The number of carbonyl (C=O) groups is 1. The van der Waals surface area contributed by atoms with Gasteiger partial charge in [0.25, 0.3) is 0 Å². The Morgan fingerprint density at radius 1 is 1.62 bits per heavy atom. The molecule has 0 spiro atoms. The summed E-state index contributed by atoms with van der Waals surface area (Å²) in [5.41, 5.74) is 5.48. The molecule has 1 heterocycles. The Morgan fingerprint density at radius 3 is 2.94 bits per heavy atom. The lowest BCUT2D eigenvalue weighted by Crippen LogP contribution is -2.23. The van der Waals surface area contributed by atoms with Gasteiger partial charge < -0.3 is 11.1 Å². The normalized spacial score (nSPS) is 12.4. The van der Waals surface area contributed by atoms with Gasteiger partial charge in [0, 0.05) is 11.3 Å². The topological polar surface area (TPSA) is 55.1 Å². The molecule has 1 rings (SSSR count). The van der Waals surface area contributed by atoms with Crippen LogP contribution in [0.15, 0.2) is 12.1 Å². The van der Waals surface area contributed by atoms with E-state index < -0.39 is 0 Å². The number of carbonyl (C=O) groups excluding carboxylic acids is 1. The molecule has 1 amide bonds. The summed E-state index contributed by atoms with van der Waals surface area (Å²) >= 11 is 7.28. The maximum atomic E-state index is 11.5. The first kappa shape index (κ1) is 13.5. The van der Waals surface area contributed by atoms with Crippen LogP contribution in [-0.2, 0) is 11.3 Å². The maximum Gasteiger partial charge on any atom is 0.220 e. The Labute approximate surface area is 105 Å². The van der Waals surface area contributed by atoms with Crippen molar-refractivity contribution >= 4 is 28.8 Å². The predicted molar refractivity (Wildman–Crippen MR) is 68.6 cm³/mol. The van der Waals surface area contributed by atoms with Crippen LogP contribution in [0.4, 0.5) is 0 Å². The zero-order chi connectivity index (χ0) is 12.0. The lowest BCUT2D eigenvalue weighted by molar-refractivity contribution is -0.121. The van der Waals surface area contributed by atoms with Gasteiger partial charge in [0.1, 0.15) is 0 Å². The average Bonchev–Trinajstić information content (AvgIpc) is 2.69. The molecule has 0 aliphatic heterocycles. The fourth-order valence-corrected chi connectivity index (χ4v) is 2.24. The van der Waals surface area contributed by atoms with E-state index in [0.29, 0.717) is 25.4 Å². The van der Waals surface area contributed by atoms with Crippen LogP contribution >= 0.6 is 22.9 Å². The van der Waals surface area contributed by atoms with Gasteiger partial charge in [-0.1, -0.05) is 18.5 Å². The van der Waals surface area contributed by atoms with Crippen LogP contribution < -0.4 is 11.1 Å². The predicted octanol–water partition coefficient (Wildman–Crippen LogP) is 2.39. The van der Waals surface area contributed by atoms with Crippen molar-refractivity contribution < 1.29 is 4.79 Å². The van der Waals surface area contributed by atoms with Gasteiger partial charge >= 0.3 is 0 Å². The molecular formula is C11H17ClN2OS. The Balaban J connectivity index is 2.20. The zero-order valence-electron chi connectivity index (χ0n) is 9.33. The van der Waals surface area contributed by atoms with E-state index in [1.54, 1.807) is 0 Å². The van der Waals surface area contributed by atoms with Crippen molar-refractivity contribution in [3.8, 4) is 0 Å². The molecule has 1 aromatic heterocycles. The van der Waals surface area contributed by atoms with E-state index in [-0.39, 0.29) is 5.91 Å². The Kier molecular flexibility index (Phi) is 5.80. The highest BCUT2D eigenvalue weighted by molar-refractivity contribution is 7.16. The summed E-state index contributed by atoms with van der Waals surface area (Å²) in [5.74, 6) is 0.478. The molecule has 1 aromatic rings. The second kappa shape index (κ2) is 6.89. The van der Waals surface area contributed by atoms with Crippen molar-refractivity contribution in [1.82, 2.24) is 5.32 Å². The number of amides is 1. The Bertz CT molecular complexity index is 340. The minimum Gasteiger partial charge on any atom is -0.351 e.